The van der Waals surface area contributed by atoms with E-state index >= 15 is 0 Å². The molecule has 4 heteroatoms. The van der Waals surface area contributed by atoms with Gasteiger partial charge in [-0.25, -0.2) is 0 Å². The topological polar surface area (TPSA) is 58.2 Å². The molecule has 4 nitrogen and oxygen atoms in total. The monoisotopic (exact) mass is 214 g/mol. The van der Waals surface area contributed by atoms with Crippen molar-refractivity contribution in [2.45, 2.75) is 45.4 Å². The second-order valence-corrected chi connectivity index (χ2v) is 3.67. The number of amides is 2. The van der Waals surface area contributed by atoms with Crippen molar-refractivity contribution in [3.8, 4) is 0 Å². The first-order chi connectivity index (χ1) is 7.16. The van der Waals surface area contributed by atoms with E-state index in [2.05, 4.69) is 10.6 Å². The first kappa shape index (κ1) is 13.9. The van der Waals surface area contributed by atoms with Crippen molar-refractivity contribution in [3.63, 3.8) is 0 Å². The molecule has 0 bridgehead atoms. The van der Waals surface area contributed by atoms with Crippen LogP contribution < -0.4 is 10.6 Å². The zero-order valence-corrected chi connectivity index (χ0v) is 9.77. The Hall–Kier alpha value is -1.06. The first-order valence-corrected chi connectivity index (χ1v) is 5.62. The minimum Gasteiger partial charge on any atom is -0.359 e. The predicted octanol–water partition coefficient (Wildman–Crippen LogP) is 1.21. The van der Waals surface area contributed by atoms with Crippen LogP contribution in [0.4, 0.5) is 0 Å². The Kier molecular flexibility index (Phi) is 8.82. The first-order valence-electron chi connectivity index (χ1n) is 5.62. The van der Waals surface area contributed by atoms with Crippen molar-refractivity contribution >= 4 is 11.8 Å². The van der Waals surface area contributed by atoms with Crippen LogP contribution in [0, 0.1) is 0 Å². The third kappa shape index (κ3) is 10.9. The molecule has 15 heavy (non-hydrogen) atoms. The van der Waals surface area contributed by atoms with Crippen LogP contribution in [0.2, 0.25) is 0 Å². The second kappa shape index (κ2) is 9.49. The molecule has 2 amide bonds. The van der Waals surface area contributed by atoms with Crippen LogP contribution >= 0.6 is 0 Å². The Morgan fingerprint density at radius 1 is 1.00 bits per heavy atom. The van der Waals surface area contributed by atoms with Gasteiger partial charge in [-0.2, -0.15) is 0 Å². The molecule has 0 fully saturated rings. The summed E-state index contributed by atoms with van der Waals surface area (Å²) in [5, 5.41) is 5.36. The molecule has 0 aromatic rings. The van der Waals surface area contributed by atoms with Gasteiger partial charge in [-0.15, -0.1) is 0 Å². The second-order valence-electron chi connectivity index (χ2n) is 3.67. The summed E-state index contributed by atoms with van der Waals surface area (Å²) in [6.07, 6.45) is 5.96. The number of carbonyl (C=O) groups excluding carboxylic acids is 2. The van der Waals surface area contributed by atoms with E-state index in [1.165, 1.54) is 6.92 Å². The Morgan fingerprint density at radius 2 is 1.60 bits per heavy atom. The van der Waals surface area contributed by atoms with Gasteiger partial charge in [-0.1, -0.05) is 19.3 Å². The molecule has 2 N–H and O–H groups in total. The lowest BCUT2D eigenvalue weighted by molar-refractivity contribution is -0.121. The Balaban J connectivity index is 3.05. The van der Waals surface area contributed by atoms with Crippen molar-refractivity contribution in [2.24, 2.45) is 0 Å². The van der Waals surface area contributed by atoms with E-state index in [4.69, 9.17) is 0 Å². The molecule has 0 unspecified atom stereocenters. The highest BCUT2D eigenvalue weighted by Crippen LogP contribution is 2.04. The number of hydrogen-bond acceptors (Lipinski definition) is 2. The number of unbranched alkanes of at least 4 members (excludes halogenated alkanes) is 4. The maximum absolute atomic E-state index is 10.9. The summed E-state index contributed by atoms with van der Waals surface area (Å²) >= 11 is 0. The third-order valence-corrected chi connectivity index (χ3v) is 2.23. The maximum atomic E-state index is 10.9. The fourth-order valence-electron chi connectivity index (χ4n) is 1.33. The average Bonchev–Trinajstić information content (AvgIpc) is 2.21. The summed E-state index contributed by atoms with van der Waals surface area (Å²) in [5.41, 5.74) is 0. The Morgan fingerprint density at radius 3 is 2.20 bits per heavy atom. The molecule has 0 saturated heterocycles. The van der Waals surface area contributed by atoms with Gasteiger partial charge < -0.3 is 10.6 Å². The smallest absolute Gasteiger partial charge is 0.219 e. The lowest BCUT2D eigenvalue weighted by Gasteiger charge is -2.02. The number of rotatable bonds is 8. The SMILES string of the molecule is CNC(=O)CCCCCCCNC(C)=O. The van der Waals surface area contributed by atoms with Crippen molar-refractivity contribution in [3.05, 3.63) is 0 Å². The van der Waals surface area contributed by atoms with Gasteiger partial charge in [0.05, 0.1) is 0 Å². The van der Waals surface area contributed by atoms with Gasteiger partial charge in [0, 0.05) is 26.9 Å². The minimum absolute atomic E-state index is 0.0367. The van der Waals surface area contributed by atoms with E-state index in [-0.39, 0.29) is 11.8 Å². The van der Waals surface area contributed by atoms with Crippen LogP contribution in [0.25, 0.3) is 0 Å². The summed E-state index contributed by atoms with van der Waals surface area (Å²) in [5.74, 6) is 0.155. The fraction of sp³-hybridized carbons (Fsp3) is 0.818. The van der Waals surface area contributed by atoms with Gasteiger partial charge in [-0.3, -0.25) is 9.59 Å². The van der Waals surface area contributed by atoms with E-state index in [9.17, 15) is 9.59 Å². The van der Waals surface area contributed by atoms with E-state index in [0.717, 1.165) is 38.6 Å². The van der Waals surface area contributed by atoms with Crippen LogP contribution in [-0.2, 0) is 9.59 Å². The van der Waals surface area contributed by atoms with E-state index < -0.39 is 0 Å². The maximum Gasteiger partial charge on any atom is 0.219 e. The summed E-state index contributed by atoms with van der Waals surface area (Å²) in [7, 11) is 1.66. The van der Waals surface area contributed by atoms with Crippen LogP contribution in [0.15, 0.2) is 0 Å². The molecule has 0 aromatic carbocycles. The molecule has 0 atom stereocenters. The fourth-order valence-corrected chi connectivity index (χ4v) is 1.33. The van der Waals surface area contributed by atoms with E-state index in [1.807, 2.05) is 0 Å². The summed E-state index contributed by atoms with van der Waals surface area (Å²) in [6, 6.07) is 0. The minimum atomic E-state index is 0.0367. The van der Waals surface area contributed by atoms with Gasteiger partial charge in [-0.05, 0) is 12.8 Å². The molecule has 0 aliphatic carbocycles. The van der Waals surface area contributed by atoms with Crippen molar-refractivity contribution < 1.29 is 9.59 Å². The van der Waals surface area contributed by atoms with Gasteiger partial charge in [0.1, 0.15) is 0 Å². The number of nitrogens with one attached hydrogen (secondary N) is 2. The summed E-state index contributed by atoms with van der Waals surface area (Å²) in [4.78, 5) is 21.4. The summed E-state index contributed by atoms with van der Waals surface area (Å²) < 4.78 is 0. The largest absolute Gasteiger partial charge is 0.359 e. The number of carbonyl (C=O) groups is 2. The van der Waals surface area contributed by atoms with Gasteiger partial charge in [0.25, 0.3) is 0 Å². The van der Waals surface area contributed by atoms with E-state index in [1.54, 1.807) is 7.05 Å². The molecular weight excluding hydrogens is 192 g/mol. The Bertz CT molecular complexity index is 193. The lowest BCUT2D eigenvalue weighted by atomic mass is 10.1. The van der Waals surface area contributed by atoms with Crippen molar-refractivity contribution in [1.82, 2.24) is 10.6 Å². The van der Waals surface area contributed by atoms with Gasteiger partial charge in [0.2, 0.25) is 11.8 Å². The predicted molar refractivity (Wildman–Crippen MR) is 60.5 cm³/mol. The van der Waals surface area contributed by atoms with E-state index in [0.29, 0.717) is 6.42 Å². The van der Waals surface area contributed by atoms with Crippen LogP contribution in [0.1, 0.15) is 45.4 Å². The quantitative estimate of drug-likeness (QED) is 0.597. The molecule has 0 aliphatic heterocycles. The standard InChI is InChI=1S/C11H22N2O2/c1-10(14)13-9-7-5-3-4-6-8-11(15)12-2/h3-9H2,1-2H3,(H,12,15)(H,13,14). The lowest BCUT2D eigenvalue weighted by Crippen LogP contribution is -2.20. The van der Waals surface area contributed by atoms with Crippen molar-refractivity contribution in [2.75, 3.05) is 13.6 Å². The zero-order valence-electron chi connectivity index (χ0n) is 9.77. The summed E-state index contributed by atoms with van der Waals surface area (Å²) in [6.45, 7) is 2.30. The molecule has 0 aliphatic rings. The zero-order chi connectivity index (χ0) is 11.5. The van der Waals surface area contributed by atoms with Gasteiger partial charge in [0.15, 0.2) is 0 Å². The van der Waals surface area contributed by atoms with Gasteiger partial charge >= 0.3 is 0 Å². The molecule has 0 radical (unpaired) electrons. The molecule has 0 aromatic heterocycles. The Labute approximate surface area is 91.8 Å². The highest BCUT2D eigenvalue weighted by atomic mass is 16.2. The third-order valence-electron chi connectivity index (χ3n) is 2.23. The highest BCUT2D eigenvalue weighted by Gasteiger charge is 1.97. The molecule has 0 heterocycles. The van der Waals surface area contributed by atoms with Crippen LogP contribution in [0.3, 0.4) is 0 Å². The molecular formula is C11H22N2O2. The average molecular weight is 214 g/mol. The molecule has 0 rings (SSSR count). The van der Waals surface area contributed by atoms with Crippen LogP contribution in [-0.4, -0.2) is 25.4 Å². The normalized spacial score (nSPS) is 9.73. The molecule has 0 saturated carbocycles. The van der Waals surface area contributed by atoms with Crippen LogP contribution in [0.5, 0.6) is 0 Å². The molecule has 0 spiro atoms. The molecule has 88 valence electrons. The van der Waals surface area contributed by atoms with Crippen molar-refractivity contribution in [1.29, 1.82) is 0 Å². The number of hydrogen-bond donors (Lipinski definition) is 2. The highest BCUT2D eigenvalue weighted by molar-refractivity contribution is 5.75.